The molecule has 0 aliphatic rings. The van der Waals surface area contributed by atoms with Gasteiger partial charge in [-0.1, -0.05) is 54.6 Å². The number of nitrogens with zero attached hydrogens (tertiary/aromatic N) is 1. The van der Waals surface area contributed by atoms with Crippen LogP contribution in [0.4, 0.5) is 10.1 Å². The fraction of sp³-hybridized carbons (Fsp3) is 0.182. The van der Waals surface area contributed by atoms with E-state index in [0.29, 0.717) is 6.42 Å². The van der Waals surface area contributed by atoms with E-state index in [0.717, 1.165) is 22.4 Å². The monoisotopic (exact) mass is 335 g/mol. The molecule has 128 valence electrons. The summed E-state index contributed by atoms with van der Waals surface area (Å²) in [5, 5.41) is 11.6. The van der Waals surface area contributed by atoms with Gasteiger partial charge < -0.3 is 10.0 Å². The van der Waals surface area contributed by atoms with Crippen molar-refractivity contribution in [2.24, 2.45) is 0 Å². The molecule has 0 saturated heterocycles. The molecule has 0 aromatic heterocycles. The molecule has 1 unspecified atom stereocenters. The van der Waals surface area contributed by atoms with E-state index < -0.39 is 5.60 Å². The Balaban J connectivity index is 2.04. The van der Waals surface area contributed by atoms with Crippen LogP contribution in [-0.2, 0) is 12.0 Å². The highest BCUT2D eigenvalue weighted by Crippen LogP contribution is 2.34. The van der Waals surface area contributed by atoms with Crippen molar-refractivity contribution in [1.82, 2.24) is 0 Å². The summed E-state index contributed by atoms with van der Waals surface area (Å²) < 4.78 is 13.2. The molecule has 0 radical (unpaired) electrons. The minimum Gasteiger partial charge on any atom is -0.380 e. The molecule has 3 heteroatoms. The highest BCUT2D eigenvalue weighted by Gasteiger charge is 2.31. The molecule has 25 heavy (non-hydrogen) atoms. The van der Waals surface area contributed by atoms with Crippen LogP contribution in [0.1, 0.15) is 16.7 Å². The predicted molar refractivity (Wildman–Crippen MR) is 100 cm³/mol. The smallest absolute Gasteiger partial charge is 0.123 e. The van der Waals surface area contributed by atoms with E-state index in [9.17, 15) is 9.50 Å². The van der Waals surface area contributed by atoms with Crippen molar-refractivity contribution < 1.29 is 9.50 Å². The first-order valence-electron chi connectivity index (χ1n) is 8.29. The Hall–Kier alpha value is -2.65. The van der Waals surface area contributed by atoms with Crippen LogP contribution < -0.4 is 4.90 Å². The number of benzene rings is 3. The second-order valence-electron chi connectivity index (χ2n) is 6.47. The summed E-state index contributed by atoms with van der Waals surface area (Å²) in [5.74, 6) is -0.276. The van der Waals surface area contributed by atoms with Crippen LogP contribution in [0, 0.1) is 5.82 Å². The Kier molecular flexibility index (Phi) is 4.86. The molecule has 0 aliphatic heterocycles. The van der Waals surface area contributed by atoms with E-state index in [-0.39, 0.29) is 5.82 Å². The molecular formula is C22H22FNO. The zero-order valence-electron chi connectivity index (χ0n) is 14.5. The molecule has 0 saturated carbocycles. The first-order chi connectivity index (χ1) is 12.0. The van der Waals surface area contributed by atoms with Crippen molar-refractivity contribution in [2.75, 3.05) is 19.0 Å². The van der Waals surface area contributed by atoms with Crippen molar-refractivity contribution in [2.45, 2.75) is 12.0 Å². The number of anilines is 1. The van der Waals surface area contributed by atoms with Gasteiger partial charge in [-0.25, -0.2) is 4.39 Å². The molecule has 3 aromatic carbocycles. The van der Waals surface area contributed by atoms with Crippen LogP contribution in [0.3, 0.4) is 0 Å². The van der Waals surface area contributed by atoms with Gasteiger partial charge in [-0.05, 0) is 41.0 Å². The summed E-state index contributed by atoms with van der Waals surface area (Å²) in [6.07, 6.45) is 0.374. The SMILES string of the molecule is CN(C)c1ccc(C(O)(Cc2ccc(F)cc2)c2ccccc2)cc1. The fourth-order valence-electron chi connectivity index (χ4n) is 3.02. The second kappa shape index (κ2) is 7.08. The van der Waals surface area contributed by atoms with Crippen LogP contribution >= 0.6 is 0 Å². The molecule has 0 spiro atoms. The van der Waals surface area contributed by atoms with E-state index in [1.165, 1.54) is 12.1 Å². The average molecular weight is 335 g/mol. The third-order valence-corrected chi connectivity index (χ3v) is 4.49. The summed E-state index contributed by atoms with van der Waals surface area (Å²) in [6.45, 7) is 0. The number of rotatable bonds is 5. The molecule has 0 amide bonds. The minimum atomic E-state index is -1.18. The number of aliphatic hydroxyl groups is 1. The van der Waals surface area contributed by atoms with E-state index in [4.69, 9.17) is 0 Å². The van der Waals surface area contributed by atoms with Gasteiger partial charge in [0.15, 0.2) is 0 Å². The zero-order valence-corrected chi connectivity index (χ0v) is 14.5. The average Bonchev–Trinajstić information content (AvgIpc) is 2.64. The highest BCUT2D eigenvalue weighted by molar-refractivity contribution is 5.49. The van der Waals surface area contributed by atoms with Gasteiger partial charge >= 0.3 is 0 Å². The highest BCUT2D eigenvalue weighted by atomic mass is 19.1. The molecule has 2 nitrogen and oxygen atoms in total. The maximum Gasteiger partial charge on any atom is 0.123 e. The van der Waals surface area contributed by atoms with E-state index >= 15 is 0 Å². The largest absolute Gasteiger partial charge is 0.380 e. The fourth-order valence-corrected chi connectivity index (χ4v) is 3.02. The van der Waals surface area contributed by atoms with Crippen LogP contribution in [-0.4, -0.2) is 19.2 Å². The molecule has 1 atom stereocenters. The molecular weight excluding hydrogens is 313 g/mol. The lowest BCUT2D eigenvalue weighted by Crippen LogP contribution is -2.30. The molecule has 3 rings (SSSR count). The van der Waals surface area contributed by atoms with Crippen molar-refractivity contribution in [3.63, 3.8) is 0 Å². The van der Waals surface area contributed by atoms with Crippen LogP contribution in [0.2, 0.25) is 0 Å². The van der Waals surface area contributed by atoms with Gasteiger partial charge in [-0.3, -0.25) is 0 Å². The zero-order chi connectivity index (χ0) is 17.9. The predicted octanol–water partition coefficient (Wildman–Crippen LogP) is 4.37. The summed E-state index contributed by atoms with van der Waals surface area (Å²) in [5.41, 5.74) is 2.40. The van der Waals surface area contributed by atoms with E-state index in [1.54, 1.807) is 12.1 Å². The lowest BCUT2D eigenvalue weighted by atomic mass is 9.81. The van der Waals surface area contributed by atoms with E-state index in [2.05, 4.69) is 0 Å². The lowest BCUT2D eigenvalue weighted by Gasteiger charge is -2.30. The molecule has 0 fully saturated rings. The molecule has 1 N–H and O–H groups in total. The van der Waals surface area contributed by atoms with Crippen molar-refractivity contribution in [1.29, 1.82) is 0 Å². The molecule has 0 aliphatic carbocycles. The minimum absolute atomic E-state index is 0.276. The number of hydrogen-bond acceptors (Lipinski definition) is 2. The van der Waals surface area contributed by atoms with Crippen molar-refractivity contribution >= 4 is 5.69 Å². The summed E-state index contributed by atoms with van der Waals surface area (Å²) in [6, 6.07) is 23.8. The van der Waals surface area contributed by atoms with Gasteiger partial charge in [-0.2, -0.15) is 0 Å². The quantitative estimate of drug-likeness (QED) is 0.748. The van der Waals surface area contributed by atoms with Gasteiger partial charge in [0.2, 0.25) is 0 Å². The van der Waals surface area contributed by atoms with Gasteiger partial charge in [-0.15, -0.1) is 0 Å². The number of hydrogen-bond donors (Lipinski definition) is 1. The Morgan fingerprint density at radius 1 is 0.800 bits per heavy atom. The van der Waals surface area contributed by atoms with Crippen molar-refractivity contribution in [3.8, 4) is 0 Å². The summed E-state index contributed by atoms with van der Waals surface area (Å²) in [7, 11) is 3.97. The van der Waals surface area contributed by atoms with Gasteiger partial charge in [0, 0.05) is 26.2 Å². The van der Waals surface area contributed by atoms with Crippen LogP contribution in [0.5, 0.6) is 0 Å². The first kappa shape index (κ1) is 17.2. The number of halogens is 1. The van der Waals surface area contributed by atoms with Gasteiger partial charge in [0.25, 0.3) is 0 Å². The summed E-state index contributed by atoms with van der Waals surface area (Å²) >= 11 is 0. The molecule has 0 heterocycles. The first-order valence-corrected chi connectivity index (χ1v) is 8.29. The normalized spacial score (nSPS) is 13.3. The van der Waals surface area contributed by atoms with Gasteiger partial charge in [0.05, 0.1) is 0 Å². The Bertz CT molecular complexity index is 813. The van der Waals surface area contributed by atoms with Crippen LogP contribution in [0.15, 0.2) is 78.9 Å². The topological polar surface area (TPSA) is 23.5 Å². The van der Waals surface area contributed by atoms with Crippen LogP contribution in [0.25, 0.3) is 0 Å². The van der Waals surface area contributed by atoms with Crippen molar-refractivity contribution in [3.05, 3.63) is 101 Å². The Labute approximate surface area is 148 Å². The summed E-state index contributed by atoms with van der Waals surface area (Å²) in [4.78, 5) is 2.02. The maximum atomic E-state index is 13.2. The van der Waals surface area contributed by atoms with Gasteiger partial charge in [0.1, 0.15) is 11.4 Å². The lowest BCUT2D eigenvalue weighted by molar-refractivity contribution is 0.0811. The Morgan fingerprint density at radius 3 is 1.92 bits per heavy atom. The molecule has 3 aromatic rings. The standard InChI is InChI=1S/C22H22FNO/c1-24(2)21-14-10-19(11-15-21)22(25,18-6-4-3-5-7-18)16-17-8-12-20(23)13-9-17/h3-15,25H,16H2,1-2H3. The third-order valence-electron chi connectivity index (χ3n) is 4.49. The Morgan fingerprint density at radius 2 is 1.36 bits per heavy atom. The second-order valence-corrected chi connectivity index (χ2v) is 6.47. The van der Waals surface area contributed by atoms with E-state index in [1.807, 2.05) is 73.6 Å². The third kappa shape index (κ3) is 3.72. The maximum absolute atomic E-state index is 13.2. The molecule has 0 bridgehead atoms.